The van der Waals surface area contributed by atoms with Gasteiger partial charge < -0.3 is 15.6 Å². The van der Waals surface area contributed by atoms with E-state index < -0.39 is 29.6 Å². The molecule has 0 spiro atoms. The fraction of sp³-hybridized carbons (Fsp3) is 0.571. The number of ether oxygens (including phenoxy) is 1. The van der Waals surface area contributed by atoms with Crippen LogP contribution in [-0.2, 0) is 6.54 Å². The molecule has 2 rings (SSSR count). The Labute approximate surface area is 111 Å². The smallest absolute Gasteiger partial charge is 0.191 e. The van der Waals surface area contributed by atoms with Gasteiger partial charge in [-0.1, -0.05) is 12.8 Å². The maximum Gasteiger partial charge on any atom is 0.191 e. The second kappa shape index (κ2) is 6.30. The molecule has 2 unspecified atom stereocenters. The highest BCUT2D eigenvalue weighted by atomic mass is 19.1. The van der Waals surface area contributed by atoms with E-state index in [0.29, 0.717) is 18.4 Å². The number of nitrogens with two attached hydrogens (primary N) is 1. The number of rotatable bonds is 3. The van der Waals surface area contributed by atoms with Gasteiger partial charge in [-0.2, -0.15) is 0 Å². The highest BCUT2D eigenvalue weighted by Gasteiger charge is 2.25. The Balaban J connectivity index is 2.17. The van der Waals surface area contributed by atoms with Gasteiger partial charge in [-0.25, -0.2) is 8.78 Å². The lowest BCUT2D eigenvalue weighted by Crippen LogP contribution is -2.31. The highest BCUT2D eigenvalue weighted by Crippen LogP contribution is 2.28. The molecule has 0 amide bonds. The van der Waals surface area contributed by atoms with Crippen LogP contribution in [0, 0.1) is 11.6 Å². The monoisotopic (exact) mass is 271 g/mol. The van der Waals surface area contributed by atoms with Crippen LogP contribution in [0.5, 0.6) is 5.75 Å². The van der Waals surface area contributed by atoms with E-state index in [1.165, 1.54) is 12.1 Å². The van der Waals surface area contributed by atoms with Gasteiger partial charge in [0.15, 0.2) is 17.4 Å². The Hall–Kier alpha value is -1.20. The first-order valence-electron chi connectivity index (χ1n) is 6.64. The minimum Gasteiger partial charge on any atom is -0.482 e. The summed E-state index contributed by atoms with van der Waals surface area (Å²) in [6.07, 6.45) is 2.82. The molecule has 0 bridgehead atoms. The van der Waals surface area contributed by atoms with Crippen molar-refractivity contribution < 1.29 is 18.6 Å². The van der Waals surface area contributed by atoms with Crippen LogP contribution < -0.4 is 10.5 Å². The van der Waals surface area contributed by atoms with Gasteiger partial charge in [-0.15, -0.1) is 0 Å². The van der Waals surface area contributed by atoms with Gasteiger partial charge >= 0.3 is 0 Å². The van der Waals surface area contributed by atoms with Crippen LogP contribution in [-0.4, -0.2) is 17.3 Å². The summed E-state index contributed by atoms with van der Waals surface area (Å²) in [7, 11) is 0. The number of aliphatic hydroxyl groups excluding tert-OH is 1. The molecule has 3 N–H and O–H groups in total. The minimum atomic E-state index is -0.767. The molecule has 0 radical (unpaired) electrons. The molecule has 1 fully saturated rings. The zero-order valence-corrected chi connectivity index (χ0v) is 10.7. The number of hydrogen-bond donors (Lipinski definition) is 2. The molecule has 1 aromatic rings. The summed E-state index contributed by atoms with van der Waals surface area (Å²) in [6.45, 7) is 0.0696. The van der Waals surface area contributed by atoms with Crippen LogP contribution in [0.25, 0.3) is 0 Å². The van der Waals surface area contributed by atoms with Gasteiger partial charge in [-0.05, 0) is 37.0 Å². The SMILES string of the molecule is NCc1cc(F)c(OC2CCCCCC2O)c(F)c1. The summed E-state index contributed by atoms with van der Waals surface area (Å²) in [6, 6.07) is 2.34. The third kappa shape index (κ3) is 3.42. The van der Waals surface area contributed by atoms with Crippen molar-refractivity contribution in [3.8, 4) is 5.75 Å². The zero-order valence-electron chi connectivity index (χ0n) is 10.7. The molecule has 0 aromatic heterocycles. The molecule has 1 aromatic carbocycles. The van der Waals surface area contributed by atoms with Crippen molar-refractivity contribution >= 4 is 0 Å². The molecule has 0 aliphatic heterocycles. The lowest BCUT2D eigenvalue weighted by molar-refractivity contribution is 0.0274. The first kappa shape index (κ1) is 14.2. The topological polar surface area (TPSA) is 55.5 Å². The number of aliphatic hydroxyl groups is 1. The summed E-state index contributed by atoms with van der Waals surface area (Å²) in [5, 5.41) is 9.90. The van der Waals surface area contributed by atoms with Crippen LogP contribution in [0.3, 0.4) is 0 Å². The number of benzene rings is 1. The van der Waals surface area contributed by atoms with Crippen molar-refractivity contribution in [3.63, 3.8) is 0 Å². The largest absolute Gasteiger partial charge is 0.482 e. The Morgan fingerprint density at radius 3 is 2.42 bits per heavy atom. The summed E-state index contributed by atoms with van der Waals surface area (Å²) < 4.78 is 32.9. The number of hydrogen-bond acceptors (Lipinski definition) is 3. The van der Waals surface area contributed by atoms with E-state index in [9.17, 15) is 13.9 Å². The average Bonchev–Trinajstić information content (AvgIpc) is 2.58. The Morgan fingerprint density at radius 1 is 1.16 bits per heavy atom. The molecular weight excluding hydrogens is 252 g/mol. The molecule has 19 heavy (non-hydrogen) atoms. The van der Waals surface area contributed by atoms with Crippen molar-refractivity contribution in [3.05, 3.63) is 29.3 Å². The molecule has 2 atom stereocenters. The van der Waals surface area contributed by atoms with Crippen LogP contribution >= 0.6 is 0 Å². The molecular formula is C14H19F2NO2. The maximum absolute atomic E-state index is 13.8. The summed E-state index contributed by atoms with van der Waals surface area (Å²) in [4.78, 5) is 0. The van der Waals surface area contributed by atoms with E-state index in [4.69, 9.17) is 10.5 Å². The first-order chi connectivity index (χ1) is 9.11. The second-order valence-corrected chi connectivity index (χ2v) is 4.95. The quantitative estimate of drug-likeness (QED) is 0.830. The minimum absolute atomic E-state index is 0.0696. The van der Waals surface area contributed by atoms with E-state index >= 15 is 0 Å². The van der Waals surface area contributed by atoms with Gasteiger partial charge in [-0.3, -0.25) is 0 Å². The molecule has 1 aliphatic carbocycles. The molecule has 1 aliphatic rings. The van der Waals surface area contributed by atoms with E-state index in [2.05, 4.69) is 0 Å². The van der Waals surface area contributed by atoms with E-state index in [1.54, 1.807) is 0 Å². The third-order valence-electron chi connectivity index (χ3n) is 3.48. The first-order valence-corrected chi connectivity index (χ1v) is 6.64. The normalized spacial score (nSPS) is 24.0. The summed E-state index contributed by atoms with van der Waals surface area (Å²) in [5.74, 6) is -1.95. The fourth-order valence-electron chi connectivity index (χ4n) is 2.39. The molecule has 106 valence electrons. The predicted molar refractivity (Wildman–Crippen MR) is 67.8 cm³/mol. The van der Waals surface area contributed by atoms with Crippen LogP contribution in [0.1, 0.15) is 37.7 Å². The number of halogens is 2. The Morgan fingerprint density at radius 2 is 1.79 bits per heavy atom. The van der Waals surface area contributed by atoms with Gasteiger partial charge in [0.2, 0.25) is 0 Å². The predicted octanol–water partition coefficient (Wildman–Crippen LogP) is 2.50. The van der Waals surface area contributed by atoms with Gasteiger partial charge in [0.1, 0.15) is 6.10 Å². The standard InChI is InChI=1S/C14H19F2NO2/c15-10-6-9(8-17)7-11(16)14(10)19-13-5-3-1-2-4-12(13)18/h6-7,12-13,18H,1-5,8,17H2. The van der Waals surface area contributed by atoms with Crippen LogP contribution in [0.15, 0.2) is 12.1 Å². The molecule has 5 heteroatoms. The van der Waals surface area contributed by atoms with Crippen molar-refractivity contribution in [2.24, 2.45) is 5.73 Å². The lowest BCUT2D eigenvalue weighted by atomic mass is 10.1. The second-order valence-electron chi connectivity index (χ2n) is 4.95. The summed E-state index contributed by atoms with van der Waals surface area (Å²) in [5.41, 5.74) is 5.73. The average molecular weight is 271 g/mol. The molecule has 3 nitrogen and oxygen atoms in total. The molecule has 1 saturated carbocycles. The maximum atomic E-state index is 13.8. The van der Waals surface area contributed by atoms with Crippen molar-refractivity contribution in [1.29, 1.82) is 0 Å². The fourth-order valence-corrected chi connectivity index (χ4v) is 2.39. The van der Waals surface area contributed by atoms with Gasteiger partial charge in [0.05, 0.1) is 6.10 Å². The van der Waals surface area contributed by atoms with E-state index in [1.807, 2.05) is 0 Å². The Bertz CT molecular complexity index is 416. The van der Waals surface area contributed by atoms with Gasteiger partial charge in [0, 0.05) is 6.54 Å². The van der Waals surface area contributed by atoms with E-state index in [-0.39, 0.29) is 6.54 Å². The van der Waals surface area contributed by atoms with Crippen LogP contribution in [0.4, 0.5) is 8.78 Å². The lowest BCUT2D eigenvalue weighted by Gasteiger charge is -2.22. The zero-order chi connectivity index (χ0) is 13.8. The Kier molecular flexibility index (Phi) is 4.71. The van der Waals surface area contributed by atoms with E-state index in [0.717, 1.165) is 19.3 Å². The summed E-state index contributed by atoms with van der Waals surface area (Å²) >= 11 is 0. The van der Waals surface area contributed by atoms with Crippen molar-refractivity contribution in [1.82, 2.24) is 0 Å². The molecule has 0 heterocycles. The van der Waals surface area contributed by atoms with Crippen LogP contribution in [0.2, 0.25) is 0 Å². The highest BCUT2D eigenvalue weighted by molar-refractivity contribution is 5.31. The molecule has 0 saturated heterocycles. The van der Waals surface area contributed by atoms with Gasteiger partial charge in [0.25, 0.3) is 0 Å². The van der Waals surface area contributed by atoms with Crippen molar-refractivity contribution in [2.75, 3.05) is 0 Å². The third-order valence-corrected chi connectivity index (χ3v) is 3.48. The van der Waals surface area contributed by atoms with Crippen molar-refractivity contribution in [2.45, 2.75) is 50.9 Å².